The van der Waals surface area contributed by atoms with Crippen molar-refractivity contribution in [2.24, 2.45) is 0 Å². The largest absolute Gasteiger partial charge is 0.423 e. The molecule has 0 aliphatic carbocycles. The fourth-order valence-corrected chi connectivity index (χ4v) is 2.99. The lowest BCUT2D eigenvalue weighted by Crippen LogP contribution is -2.08. The van der Waals surface area contributed by atoms with E-state index < -0.39 is 23.7 Å². The molecule has 3 rings (SSSR count). The SMILES string of the molecule is C=CC(=O)Oc1ccc(-c2cc(OC(=O)C=C)c(-c3ccc(OC(=O)C(=C)C)cc3)cc2F)cc1. The first-order valence-electron chi connectivity index (χ1n) is 10.3. The molecule has 3 aromatic carbocycles. The fourth-order valence-electron chi connectivity index (χ4n) is 2.99. The number of carbonyl (C=O) groups excluding carboxylic acids is 3. The number of halogens is 1. The van der Waals surface area contributed by atoms with Gasteiger partial charge < -0.3 is 14.2 Å². The summed E-state index contributed by atoms with van der Waals surface area (Å²) in [5.41, 5.74) is 1.69. The van der Waals surface area contributed by atoms with Gasteiger partial charge in [0.2, 0.25) is 0 Å². The van der Waals surface area contributed by atoms with Gasteiger partial charge in [-0.25, -0.2) is 18.8 Å². The van der Waals surface area contributed by atoms with Crippen LogP contribution in [0.2, 0.25) is 0 Å². The van der Waals surface area contributed by atoms with Gasteiger partial charge in [0.25, 0.3) is 0 Å². The topological polar surface area (TPSA) is 78.9 Å². The molecule has 0 saturated carbocycles. The summed E-state index contributed by atoms with van der Waals surface area (Å²) >= 11 is 0. The third kappa shape index (κ3) is 6.17. The van der Waals surface area contributed by atoms with Crippen molar-refractivity contribution < 1.29 is 33.0 Å². The molecule has 7 heteroatoms. The Morgan fingerprint density at radius 1 is 0.743 bits per heavy atom. The third-order valence-electron chi connectivity index (χ3n) is 4.72. The van der Waals surface area contributed by atoms with Crippen LogP contribution in [0.4, 0.5) is 4.39 Å². The quantitative estimate of drug-likeness (QED) is 0.233. The number of rotatable bonds is 8. The molecule has 0 aromatic heterocycles. The van der Waals surface area contributed by atoms with Gasteiger partial charge in [-0.05, 0) is 54.4 Å². The lowest BCUT2D eigenvalue weighted by Gasteiger charge is -2.14. The summed E-state index contributed by atoms with van der Waals surface area (Å²) in [6.45, 7) is 11.8. The lowest BCUT2D eigenvalue weighted by atomic mass is 9.98. The Morgan fingerprint density at radius 2 is 1.23 bits per heavy atom. The number of ether oxygens (including phenoxy) is 3. The van der Waals surface area contributed by atoms with Crippen LogP contribution in [0, 0.1) is 5.82 Å². The summed E-state index contributed by atoms with van der Waals surface area (Å²) in [5.74, 6) is -1.84. The van der Waals surface area contributed by atoms with E-state index in [1.165, 1.54) is 43.3 Å². The van der Waals surface area contributed by atoms with Crippen LogP contribution in [0.15, 0.2) is 98.1 Å². The molecule has 35 heavy (non-hydrogen) atoms. The van der Waals surface area contributed by atoms with Crippen LogP contribution in [-0.4, -0.2) is 17.9 Å². The highest BCUT2D eigenvalue weighted by molar-refractivity contribution is 5.89. The van der Waals surface area contributed by atoms with Crippen molar-refractivity contribution in [3.8, 4) is 39.5 Å². The molecule has 0 radical (unpaired) electrons. The predicted molar refractivity (Wildman–Crippen MR) is 129 cm³/mol. The third-order valence-corrected chi connectivity index (χ3v) is 4.72. The van der Waals surface area contributed by atoms with Gasteiger partial charge in [-0.3, -0.25) is 0 Å². The lowest BCUT2D eigenvalue weighted by molar-refractivity contribution is -0.130. The second-order valence-corrected chi connectivity index (χ2v) is 7.30. The molecule has 3 aromatic rings. The molecule has 0 spiro atoms. The maximum absolute atomic E-state index is 15.2. The van der Waals surface area contributed by atoms with E-state index in [4.69, 9.17) is 14.2 Å². The summed E-state index contributed by atoms with van der Waals surface area (Å²) < 4.78 is 30.8. The minimum atomic E-state index is -0.720. The molecule has 0 bridgehead atoms. The van der Waals surface area contributed by atoms with Gasteiger partial charge in [0.05, 0.1) is 0 Å². The summed E-state index contributed by atoms with van der Waals surface area (Å²) in [5, 5.41) is 0. The number of benzene rings is 3. The van der Waals surface area contributed by atoms with Crippen LogP contribution in [0.3, 0.4) is 0 Å². The van der Waals surface area contributed by atoms with E-state index in [0.717, 1.165) is 12.2 Å². The number of hydrogen-bond acceptors (Lipinski definition) is 6. The van der Waals surface area contributed by atoms with Crippen molar-refractivity contribution in [1.82, 2.24) is 0 Å². The number of hydrogen-bond donors (Lipinski definition) is 0. The van der Waals surface area contributed by atoms with Crippen LogP contribution in [0.5, 0.6) is 17.2 Å². The van der Waals surface area contributed by atoms with Crippen LogP contribution in [-0.2, 0) is 14.4 Å². The second kappa shape index (κ2) is 10.9. The highest BCUT2D eigenvalue weighted by Crippen LogP contribution is 2.37. The fraction of sp³-hybridized carbons (Fsp3) is 0.0357. The first kappa shape index (κ1) is 24.9. The molecule has 176 valence electrons. The van der Waals surface area contributed by atoms with E-state index in [0.29, 0.717) is 16.7 Å². The summed E-state index contributed by atoms with van der Waals surface area (Å²) in [4.78, 5) is 35.0. The molecule has 0 aliphatic heterocycles. The average molecular weight is 472 g/mol. The van der Waals surface area contributed by atoms with Gasteiger partial charge >= 0.3 is 17.9 Å². The summed E-state index contributed by atoms with van der Waals surface area (Å²) in [6, 6.07) is 15.0. The van der Waals surface area contributed by atoms with Gasteiger partial charge in [0.15, 0.2) is 0 Å². The molecule has 0 unspecified atom stereocenters. The van der Waals surface area contributed by atoms with Crippen molar-refractivity contribution in [2.45, 2.75) is 6.92 Å². The Hall–Kier alpha value is -4.78. The van der Waals surface area contributed by atoms with Gasteiger partial charge in [0, 0.05) is 28.9 Å². The normalized spacial score (nSPS) is 10.1. The van der Waals surface area contributed by atoms with E-state index in [1.807, 2.05) is 0 Å². The highest BCUT2D eigenvalue weighted by Gasteiger charge is 2.17. The van der Waals surface area contributed by atoms with Gasteiger partial charge in [-0.15, -0.1) is 0 Å². The molecule has 0 atom stereocenters. The Morgan fingerprint density at radius 3 is 1.74 bits per heavy atom. The Bertz CT molecular complexity index is 1320. The Kier molecular flexibility index (Phi) is 7.74. The Balaban J connectivity index is 1.99. The maximum Gasteiger partial charge on any atom is 0.338 e. The summed E-state index contributed by atoms with van der Waals surface area (Å²) in [6.07, 6.45) is 2.03. The zero-order valence-electron chi connectivity index (χ0n) is 18.9. The standard InChI is InChI=1S/C28H21FO6/c1-5-26(30)33-20-11-7-18(8-12-20)22-16-25(35-27(31)6-2)23(15-24(22)29)19-9-13-21(14-10-19)34-28(32)17(3)4/h5-16H,1-3H2,4H3. The van der Waals surface area contributed by atoms with Crippen molar-refractivity contribution in [3.63, 3.8) is 0 Å². The van der Waals surface area contributed by atoms with E-state index in [9.17, 15) is 14.4 Å². The monoisotopic (exact) mass is 472 g/mol. The molecule has 0 fully saturated rings. The molecule has 0 N–H and O–H groups in total. The van der Waals surface area contributed by atoms with Gasteiger partial charge in [0.1, 0.15) is 23.1 Å². The van der Waals surface area contributed by atoms with Crippen LogP contribution in [0.25, 0.3) is 22.3 Å². The number of esters is 3. The minimum Gasteiger partial charge on any atom is -0.423 e. The first-order valence-corrected chi connectivity index (χ1v) is 10.3. The molecule has 0 heterocycles. The van der Waals surface area contributed by atoms with E-state index in [-0.39, 0.29) is 28.4 Å². The zero-order valence-corrected chi connectivity index (χ0v) is 18.9. The smallest absolute Gasteiger partial charge is 0.338 e. The maximum atomic E-state index is 15.2. The summed E-state index contributed by atoms with van der Waals surface area (Å²) in [7, 11) is 0. The van der Waals surface area contributed by atoms with Crippen LogP contribution in [0.1, 0.15) is 6.92 Å². The molecule has 0 saturated heterocycles. The molecule has 6 nitrogen and oxygen atoms in total. The molecular formula is C28H21FO6. The van der Waals surface area contributed by atoms with E-state index >= 15 is 4.39 Å². The first-order chi connectivity index (χ1) is 16.7. The van der Waals surface area contributed by atoms with Gasteiger partial charge in [-0.1, -0.05) is 44.0 Å². The molecular weight excluding hydrogens is 451 g/mol. The highest BCUT2D eigenvalue weighted by atomic mass is 19.1. The minimum absolute atomic E-state index is 0.0974. The van der Waals surface area contributed by atoms with Crippen molar-refractivity contribution in [3.05, 3.63) is 104 Å². The second-order valence-electron chi connectivity index (χ2n) is 7.30. The van der Waals surface area contributed by atoms with Gasteiger partial charge in [-0.2, -0.15) is 0 Å². The average Bonchev–Trinajstić information content (AvgIpc) is 2.85. The van der Waals surface area contributed by atoms with Crippen molar-refractivity contribution >= 4 is 17.9 Å². The zero-order chi connectivity index (χ0) is 25.5. The number of carbonyl (C=O) groups is 3. The van der Waals surface area contributed by atoms with Crippen LogP contribution < -0.4 is 14.2 Å². The van der Waals surface area contributed by atoms with Crippen molar-refractivity contribution in [1.29, 1.82) is 0 Å². The molecule has 0 aliphatic rings. The molecule has 0 amide bonds. The van der Waals surface area contributed by atoms with E-state index in [1.54, 1.807) is 24.3 Å². The predicted octanol–water partition coefficient (Wildman–Crippen LogP) is 5.82. The van der Waals surface area contributed by atoms with Crippen LogP contribution >= 0.6 is 0 Å². The Labute approximate surface area is 201 Å². The van der Waals surface area contributed by atoms with E-state index in [2.05, 4.69) is 19.7 Å². The van der Waals surface area contributed by atoms with Crippen molar-refractivity contribution in [2.75, 3.05) is 0 Å².